The van der Waals surface area contributed by atoms with Gasteiger partial charge < -0.3 is 4.90 Å². The summed E-state index contributed by atoms with van der Waals surface area (Å²) in [6.45, 7) is 10.4. The van der Waals surface area contributed by atoms with Crippen molar-refractivity contribution in [2.24, 2.45) is 0 Å². The van der Waals surface area contributed by atoms with E-state index in [1.807, 2.05) is 38.1 Å². The molecule has 2 aromatic carbocycles. The van der Waals surface area contributed by atoms with Crippen molar-refractivity contribution in [1.29, 1.82) is 0 Å². The van der Waals surface area contributed by atoms with Crippen LogP contribution in [0.1, 0.15) is 55.4 Å². The number of nitrogens with zero attached hydrogens (tertiary/aromatic N) is 2. The first-order chi connectivity index (χ1) is 15.0. The Morgan fingerprint density at radius 3 is 2.50 bits per heavy atom. The van der Waals surface area contributed by atoms with Gasteiger partial charge >= 0.3 is 6.03 Å². The summed E-state index contributed by atoms with van der Waals surface area (Å²) in [6.07, 6.45) is 2.58. The monoisotopic (exact) mass is 431 g/mol. The van der Waals surface area contributed by atoms with Gasteiger partial charge in [0.2, 0.25) is 0 Å². The number of carbonyl (C=O) groups is 3. The number of hydrogen-bond donors (Lipinski definition) is 1. The van der Waals surface area contributed by atoms with Gasteiger partial charge in [0.15, 0.2) is 0 Å². The van der Waals surface area contributed by atoms with Crippen molar-refractivity contribution < 1.29 is 14.4 Å². The topological polar surface area (TPSA) is 69.7 Å². The molecule has 1 saturated heterocycles. The predicted octanol–water partition coefficient (Wildman–Crippen LogP) is 4.69. The quantitative estimate of drug-likeness (QED) is 0.553. The highest BCUT2D eigenvalue weighted by Crippen LogP contribution is 2.42. The lowest BCUT2D eigenvalue weighted by Gasteiger charge is -2.45. The highest BCUT2D eigenvalue weighted by atomic mass is 16.2. The van der Waals surface area contributed by atoms with Gasteiger partial charge in [-0.25, -0.2) is 9.69 Å². The zero-order chi connectivity index (χ0) is 23.4. The standard InChI is InChI=1S/C26H29N3O3/c1-15-8-7-9-21(17(15)3)29-24(31)20(23(30)27-25(29)32)13-18-10-11-22-19(12-18)16(2)14-26(4,5)28(22)6/h7-13,16H,14H2,1-6H3,(H,27,30,32)/b20-13+/t16-/m0/s1. The predicted molar refractivity (Wildman–Crippen MR) is 127 cm³/mol. The number of benzene rings is 2. The second-order valence-electron chi connectivity index (χ2n) is 9.47. The molecule has 0 unspecified atom stereocenters. The summed E-state index contributed by atoms with van der Waals surface area (Å²) in [7, 11) is 2.09. The highest BCUT2D eigenvalue weighted by Gasteiger charge is 2.38. The Labute approximate surface area is 188 Å². The number of imide groups is 2. The van der Waals surface area contributed by atoms with Crippen molar-refractivity contribution in [3.63, 3.8) is 0 Å². The summed E-state index contributed by atoms with van der Waals surface area (Å²) in [6, 6.07) is 10.7. The fourth-order valence-electron chi connectivity index (χ4n) is 4.71. The van der Waals surface area contributed by atoms with Crippen LogP contribution >= 0.6 is 0 Å². The number of urea groups is 1. The highest BCUT2D eigenvalue weighted by molar-refractivity contribution is 6.39. The van der Waals surface area contributed by atoms with E-state index in [9.17, 15) is 14.4 Å². The van der Waals surface area contributed by atoms with Gasteiger partial charge in [0.1, 0.15) is 5.57 Å². The van der Waals surface area contributed by atoms with Crippen molar-refractivity contribution in [2.45, 2.75) is 52.5 Å². The van der Waals surface area contributed by atoms with Gasteiger partial charge in [-0.15, -0.1) is 0 Å². The van der Waals surface area contributed by atoms with Crippen molar-refractivity contribution >= 4 is 35.3 Å². The van der Waals surface area contributed by atoms with E-state index in [0.29, 0.717) is 11.6 Å². The van der Waals surface area contributed by atoms with Crippen LogP contribution in [0.4, 0.5) is 16.2 Å². The summed E-state index contributed by atoms with van der Waals surface area (Å²) in [5.74, 6) is -0.944. The van der Waals surface area contributed by atoms with E-state index in [1.54, 1.807) is 18.2 Å². The molecule has 2 aromatic rings. The maximum Gasteiger partial charge on any atom is 0.335 e. The third-order valence-electron chi connectivity index (χ3n) is 6.89. The molecule has 0 saturated carbocycles. The Balaban J connectivity index is 1.75. The lowest BCUT2D eigenvalue weighted by Crippen LogP contribution is -2.54. The van der Waals surface area contributed by atoms with Crippen LogP contribution in [0.25, 0.3) is 6.08 Å². The van der Waals surface area contributed by atoms with Crippen LogP contribution in [0.15, 0.2) is 42.0 Å². The molecule has 1 N–H and O–H groups in total. The van der Waals surface area contributed by atoms with E-state index in [-0.39, 0.29) is 11.1 Å². The second-order valence-corrected chi connectivity index (χ2v) is 9.47. The Kier molecular flexibility index (Phi) is 5.19. The van der Waals surface area contributed by atoms with E-state index in [1.165, 1.54) is 5.56 Å². The third-order valence-corrected chi connectivity index (χ3v) is 6.89. The Morgan fingerprint density at radius 2 is 1.78 bits per heavy atom. The van der Waals surface area contributed by atoms with Gasteiger partial charge in [-0.1, -0.05) is 25.1 Å². The van der Waals surface area contributed by atoms with Gasteiger partial charge in [0.05, 0.1) is 5.69 Å². The molecule has 166 valence electrons. The summed E-state index contributed by atoms with van der Waals surface area (Å²) < 4.78 is 0. The summed E-state index contributed by atoms with van der Waals surface area (Å²) in [4.78, 5) is 41.7. The van der Waals surface area contributed by atoms with Crippen LogP contribution < -0.4 is 15.1 Å². The van der Waals surface area contributed by atoms with E-state index >= 15 is 0 Å². The average molecular weight is 432 g/mol. The Hall–Kier alpha value is -3.41. The first kappa shape index (κ1) is 21.8. The molecule has 4 amide bonds. The molecular formula is C26H29N3O3. The van der Waals surface area contributed by atoms with Crippen molar-refractivity contribution in [1.82, 2.24) is 5.32 Å². The molecule has 2 aliphatic heterocycles. The third kappa shape index (κ3) is 3.49. The molecule has 0 radical (unpaired) electrons. The number of anilines is 2. The van der Waals surface area contributed by atoms with Crippen molar-refractivity contribution in [3.05, 3.63) is 64.2 Å². The number of aryl methyl sites for hydroxylation is 1. The molecule has 2 heterocycles. The van der Waals surface area contributed by atoms with Crippen molar-refractivity contribution in [3.8, 4) is 0 Å². The number of fused-ring (bicyclic) bond motifs is 1. The van der Waals surface area contributed by atoms with E-state index in [0.717, 1.165) is 33.7 Å². The van der Waals surface area contributed by atoms with Crippen LogP contribution in [-0.2, 0) is 9.59 Å². The fourth-order valence-corrected chi connectivity index (χ4v) is 4.71. The molecule has 6 nitrogen and oxygen atoms in total. The first-order valence-electron chi connectivity index (χ1n) is 10.9. The number of barbiturate groups is 1. The molecule has 0 bridgehead atoms. The van der Waals surface area contributed by atoms with Gasteiger partial charge in [-0.2, -0.15) is 0 Å². The first-order valence-corrected chi connectivity index (χ1v) is 10.9. The molecule has 1 fully saturated rings. The maximum atomic E-state index is 13.3. The lowest BCUT2D eigenvalue weighted by molar-refractivity contribution is -0.122. The lowest BCUT2D eigenvalue weighted by atomic mass is 9.80. The number of hydrogen-bond acceptors (Lipinski definition) is 4. The normalized spacial score (nSPS) is 21.6. The van der Waals surface area contributed by atoms with Gasteiger partial charge in [0.25, 0.3) is 11.8 Å². The van der Waals surface area contributed by atoms with E-state index < -0.39 is 17.8 Å². The number of rotatable bonds is 2. The maximum absolute atomic E-state index is 13.3. The zero-order valence-electron chi connectivity index (χ0n) is 19.4. The van der Waals surface area contributed by atoms with Gasteiger partial charge in [0, 0.05) is 18.3 Å². The minimum atomic E-state index is -0.728. The van der Waals surface area contributed by atoms with Crippen LogP contribution in [0.3, 0.4) is 0 Å². The molecule has 0 aliphatic carbocycles. The average Bonchev–Trinajstić information content (AvgIpc) is 2.72. The van der Waals surface area contributed by atoms with Crippen LogP contribution in [-0.4, -0.2) is 30.4 Å². The number of nitrogens with one attached hydrogen (secondary N) is 1. The largest absolute Gasteiger partial charge is 0.369 e. The summed E-state index contributed by atoms with van der Waals surface area (Å²) in [5.41, 5.74) is 5.36. The zero-order valence-corrected chi connectivity index (χ0v) is 19.4. The van der Waals surface area contributed by atoms with Crippen LogP contribution in [0, 0.1) is 13.8 Å². The number of amides is 4. The second kappa shape index (κ2) is 7.62. The molecule has 4 rings (SSSR count). The fraction of sp³-hybridized carbons (Fsp3) is 0.346. The summed E-state index contributed by atoms with van der Waals surface area (Å²) in [5, 5.41) is 2.31. The molecule has 2 aliphatic rings. The van der Waals surface area contributed by atoms with Crippen LogP contribution in [0.2, 0.25) is 0 Å². The smallest absolute Gasteiger partial charge is 0.335 e. The van der Waals surface area contributed by atoms with E-state index in [2.05, 4.69) is 38.0 Å². The molecule has 1 atom stereocenters. The van der Waals surface area contributed by atoms with Gasteiger partial charge in [-0.05, 0) is 86.6 Å². The Bertz CT molecular complexity index is 1180. The SMILES string of the molecule is Cc1cccc(N2C(=O)NC(=O)/C(=C\c3ccc4c(c3)[C@@H](C)CC(C)(C)N4C)C2=O)c1C. The van der Waals surface area contributed by atoms with Gasteiger partial charge in [-0.3, -0.25) is 14.9 Å². The molecular weight excluding hydrogens is 402 g/mol. The Morgan fingerprint density at radius 1 is 1.06 bits per heavy atom. The number of carbonyl (C=O) groups excluding carboxylic acids is 3. The molecule has 0 spiro atoms. The van der Waals surface area contributed by atoms with Crippen LogP contribution in [0.5, 0.6) is 0 Å². The van der Waals surface area contributed by atoms with Crippen molar-refractivity contribution in [2.75, 3.05) is 16.8 Å². The minimum absolute atomic E-state index is 0.0531. The molecule has 0 aromatic heterocycles. The molecule has 6 heteroatoms. The minimum Gasteiger partial charge on any atom is -0.369 e. The summed E-state index contributed by atoms with van der Waals surface area (Å²) >= 11 is 0. The molecule has 32 heavy (non-hydrogen) atoms. The van der Waals surface area contributed by atoms with E-state index in [4.69, 9.17) is 0 Å².